The van der Waals surface area contributed by atoms with Crippen LogP contribution in [0.2, 0.25) is 0 Å². The fourth-order valence-electron chi connectivity index (χ4n) is 3.05. The van der Waals surface area contributed by atoms with E-state index in [1.54, 1.807) is 4.90 Å². The number of carbonyl (C=O) groups is 1. The Bertz CT molecular complexity index is 553. The Morgan fingerprint density at radius 2 is 2.04 bits per heavy atom. The summed E-state index contributed by atoms with van der Waals surface area (Å²) in [5.41, 5.74) is -0.201. The fourth-order valence-corrected chi connectivity index (χ4v) is 3.05. The van der Waals surface area contributed by atoms with Crippen LogP contribution in [0.3, 0.4) is 0 Å². The largest absolute Gasteiger partial charge is 0.381 e. The minimum Gasteiger partial charge on any atom is -0.381 e. The molecule has 0 radical (unpaired) electrons. The van der Waals surface area contributed by atoms with Crippen LogP contribution in [0.25, 0.3) is 0 Å². The normalized spacial score (nSPS) is 22.5. The molecule has 1 amide bonds. The number of likely N-dealkylation sites (tertiary alicyclic amines) is 1. The summed E-state index contributed by atoms with van der Waals surface area (Å²) in [7, 11) is 0. The molecule has 0 spiro atoms. The Labute approximate surface area is 134 Å². The SMILES string of the molecule is O=C(c1cccc(F)c1F)N1CCC(OC[C@H]2CCOC2)CC1. The number of halogens is 2. The molecule has 23 heavy (non-hydrogen) atoms. The number of hydrogen-bond acceptors (Lipinski definition) is 3. The minimum absolute atomic E-state index is 0.122. The Balaban J connectivity index is 1.50. The van der Waals surface area contributed by atoms with E-state index >= 15 is 0 Å². The van der Waals surface area contributed by atoms with Crippen LogP contribution in [0.15, 0.2) is 18.2 Å². The van der Waals surface area contributed by atoms with Crippen molar-refractivity contribution in [3.05, 3.63) is 35.4 Å². The van der Waals surface area contributed by atoms with E-state index < -0.39 is 17.5 Å². The van der Waals surface area contributed by atoms with Crippen LogP contribution in [0, 0.1) is 17.6 Å². The number of piperidine rings is 1. The third-order valence-electron chi connectivity index (χ3n) is 4.50. The number of hydrogen-bond donors (Lipinski definition) is 0. The van der Waals surface area contributed by atoms with Gasteiger partial charge in [-0.1, -0.05) is 6.07 Å². The molecule has 0 saturated carbocycles. The average molecular weight is 325 g/mol. The molecule has 3 rings (SSSR count). The van der Waals surface area contributed by atoms with Gasteiger partial charge in [0.1, 0.15) is 0 Å². The topological polar surface area (TPSA) is 38.8 Å². The first-order valence-electron chi connectivity index (χ1n) is 8.08. The molecule has 2 heterocycles. The van der Waals surface area contributed by atoms with Gasteiger partial charge in [-0.25, -0.2) is 8.78 Å². The molecule has 0 N–H and O–H groups in total. The highest BCUT2D eigenvalue weighted by molar-refractivity contribution is 5.94. The monoisotopic (exact) mass is 325 g/mol. The van der Waals surface area contributed by atoms with Crippen LogP contribution in [0.5, 0.6) is 0 Å². The van der Waals surface area contributed by atoms with E-state index in [0.29, 0.717) is 25.6 Å². The summed E-state index contributed by atoms with van der Waals surface area (Å²) in [4.78, 5) is 13.9. The molecule has 0 unspecified atom stereocenters. The van der Waals surface area contributed by atoms with Crippen LogP contribution < -0.4 is 0 Å². The zero-order valence-corrected chi connectivity index (χ0v) is 13.0. The summed E-state index contributed by atoms with van der Waals surface area (Å²) in [6.07, 6.45) is 2.60. The van der Waals surface area contributed by atoms with Crippen LogP contribution in [-0.4, -0.2) is 49.8 Å². The summed E-state index contributed by atoms with van der Waals surface area (Å²) in [5, 5.41) is 0. The van der Waals surface area contributed by atoms with E-state index in [0.717, 1.165) is 38.5 Å². The van der Waals surface area contributed by atoms with Gasteiger partial charge in [0.05, 0.1) is 24.9 Å². The lowest BCUT2D eigenvalue weighted by molar-refractivity contribution is -0.00802. The second-order valence-corrected chi connectivity index (χ2v) is 6.16. The van der Waals surface area contributed by atoms with Crippen molar-refractivity contribution < 1.29 is 23.0 Å². The van der Waals surface area contributed by atoms with Crippen molar-refractivity contribution in [1.82, 2.24) is 4.90 Å². The van der Waals surface area contributed by atoms with Crippen LogP contribution in [0.4, 0.5) is 8.78 Å². The molecule has 0 bridgehead atoms. The number of amides is 1. The molecule has 0 aromatic heterocycles. The first-order chi connectivity index (χ1) is 11.1. The van der Waals surface area contributed by atoms with Gasteiger partial charge in [0.2, 0.25) is 0 Å². The smallest absolute Gasteiger partial charge is 0.256 e. The van der Waals surface area contributed by atoms with E-state index in [4.69, 9.17) is 9.47 Å². The zero-order valence-electron chi connectivity index (χ0n) is 13.0. The zero-order chi connectivity index (χ0) is 16.2. The molecule has 4 nitrogen and oxygen atoms in total. The first-order valence-corrected chi connectivity index (χ1v) is 8.08. The number of rotatable bonds is 4. The highest BCUT2D eigenvalue weighted by atomic mass is 19.2. The Morgan fingerprint density at radius 1 is 1.26 bits per heavy atom. The highest BCUT2D eigenvalue weighted by Crippen LogP contribution is 2.21. The lowest BCUT2D eigenvalue weighted by Crippen LogP contribution is -2.41. The van der Waals surface area contributed by atoms with Crippen LogP contribution >= 0.6 is 0 Å². The molecule has 6 heteroatoms. The van der Waals surface area contributed by atoms with Crippen LogP contribution in [-0.2, 0) is 9.47 Å². The van der Waals surface area contributed by atoms with E-state index in [9.17, 15) is 13.6 Å². The Morgan fingerprint density at radius 3 is 2.74 bits per heavy atom. The minimum atomic E-state index is -1.07. The third kappa shape index (κ3) is 3.87. The molecule has 2 fully saturated rings. The number of ether oxygens (including phenoxy) is 2. The number of carbonyl (C=O) groups excluding carboxylic acids is 1. The van der Waals surface area contributed by atoms with Gasteiger partial charge in [-0.15, -0.1) is 0 Å². The quantitative estimate of drug-likeness (QED) is 0.854. The molecular weight excluding hydrogens is 304 g/mol. The van der Waals surface area contributed by atoms with Gasteiger partial charge >= 0.3 is 0 Å². The van der Waals surface area contributed by atoms with Gasteiger partial charge in [-0.3, -0.25) is 4.79 Å². The first kappa shape index (κ1) is 16.3. The van der Waals surface area contributed by atoms with Crippen molar-refractivity contribution in [3.8, 4) is 0 Å². The number of benzene rings is 1. The molecule has 0 aliphatic carbocycles. The van der Waals surface area contributed by atoms with Gasteiger partial charge in [0.15, 0.2) is 11.6 Å². The van der Waals surface area contributed by atoms with Crippen molar-refractivity contribution in [1.29, 1.82) is 0 Å². The lowest BCUT2D eigenvalue weighted by Gasteiger charge is -2.32. The summed E-state index contributed by atoms with van der Waals surface area (Å²) in [5.74, 6) is -2.05. The second-order valence-electron chi connectivity index (χ2n) is 6.16. The molecule has 126 valence electrons. The van der Waals surface area contributed by atoms with E-state index in [2.05, 4.69) is 0 Å². The van der Waals surface area contributed by atoms with Crippen molar-refractivity contribution >= 4 is 5.91 Å². The van der Waals surface area contributed by atoms with Crippen LogP contribution in [0.1, 0.15) is 29.6 Å². The third-order valence-corrected chi connectivity index (χ3v) is 4.50. The molecule has 2 saturated heterocycles. The summed E-state index contributed by atoms with van der Waals surface area (Å²) >= 11 is 0. The van der Waals surface area contributed by atoms with Gasteiger partial charge in [-0.2, -0.15) is 0 Å². The standard InChI is InChI=1S/C17H21F2NO3/c18-15-3-1-2-14(16(15)19)17(21)20-7-4-13(5-8-20)23-11-12-6-9-22-10-12/h1-3,12-13H,4-11H2/t12-/m0/s1. The van der Waals surface area contributed by atoms with E-state index in [1.165, 1.54) is 12.1 Å². The summed E-state index contributed by atoms with van der Waals surface area (Å²) < 4.78 is 38.2. The maximum absolute atomic E-state index is 13.7. The molecule has 2 aliphatic heterocycles. The predicted octanol–water partition coefficient (Wildman–Crippen LogP) is 2.62. The Hall–Kier alpha value is -1.53. The van der Waals surface area contributed by atoms with Gasteiger partial charge < -0.3 is 14.4 Å². The average Bonchev–Trinajstić information content (AvgIpc) is 3.09. The van der Waals surface area contributed by atoms with Crippen molar-refractivity contribution in [2.45, 2.75) is 25.4 Å². The number of nitrogens with zero attached hydrogens (tertiary/aromatic N) is 1. The molecule has 1 aromatic carbocycles. The predicted molar refractivity (Wildman–Crippen MR) is 80.2 cm³/mol. The molecule has 2 aliphatic rings. The maximum atomic E-state index is 13.7. The van der Waals surface area contributed by atoms with Gasteiger partial charge in [-0.05, 0) is 31.4 Å². The molecule has 1 aromatic rings. The fraction of sp³-hybridized carbons (Fsp3) is 0.588. The highest BCUT2D eigenvalue weighted by Gasteiger charge is 2.27. The summed E-state index contributed by atoms with van der Waals surface area (Å²) in [6, 6.07) is 3.69. The lowest BCUT2D eigenvalue weighted by atomic mass is 10.1. The molecular formula is C17H21F2NO3. The molecule has 1 atom stereocenters. The van der Waals surface area contributed by atoms with E-state index in [-0.39, 0.29) is 11.7 Å². The van der Waals surface area contributed by atoms with Crippen molar-refractivity contribution in [3.63, 3.8) is 0 Å². The Kier molecular flexibility index (Phi) is 5.23. The van der Waals surface area contributed by atoms with Crippen molar-refractivity contribution in [2.24, 2.45) is 5.92 Å². The van der Waals surface area contributed by atoms with Gasteiger partial charge in [0.25, 0.3) is 5.91 Å². The van der Waals surface area contributed by atoms with Crippen molar-refractivity contribution in [2.75, 3.05) is 32.9 Å². The summed E-state index contributed by atoms with van der Waals surface area (Å²) in [6.45, 7) is 3.26. The van der Waals surface area contributed by atoms with Gasteiger partial charge in [0, 0.05) is 25.6 Å². The second kappa shape index (κ2) is 7.36. The van der Waals surface area contributed by atoms with E-state index in [1.807, 2.05) is 0 Å². The maximum Gasteiger partial charge on any atom is 0.256 e.